The summed E-state index contributed by atoms with van der Waals surface area (Å²) in [6, 6.07) is 27.6. The molecule has 4 aromatic rings. The maximum atomic E-state index is 2.31. The molecular formula is C27H39Hf-9. The Morgan fingerprint density at radius 2 is 1.18 bits per heavy atom. The summed E-state index contributed by atoms with van der Waals surface area (Å²) in [6.07, 6.45) is 1.11. The van der Waals surface area contributed by atoms with Gasteiger partial charge >= 0.3 is 0 Å². The molecule has 0 aliphatic heterocycles. The van der Waals surface area contributed by atoms with Crippen molar-refractivity contribution in [1.29, 1.82) is 0 Å². The van der Waals surface area contributed by atoms with Crippen LogP contribution in [0.4, 0.5) is 0 Å². The minimum atomic E-state index is 0. The van der Waals surface area contributed by atoms with Gasteiger partial charge in [-0.2, -0.15) is 24.3 Å². The number of hydrogen-bond donors (Lipinski definition) is 0. The Morgan fingerprint density at radius 1 is 0.679 bits per heavy atom. The minimum absolute atomic E-state index is 0. The van der Waals surface area contributed by atoms with Crippen LogP contribution in [0.15, 0.2) is 78.9 Å². The second-order valence-corrected chi connectivity index (χ2v) is 4.96. The third-order valence-corrected chi connectivity index (χ3v) is 3.66. The van der Waals surface area contributed by atoms with E-state index in [0.717, 1.165) is 6.42 Å². The van der Waals surface area contributed by atoms with E-state index in [1.807, 2.05) is 30.3 Å². The van der Waals surface area contributed by atoms with Crippen LogP contribution < -0.4 is 0 Å². The quantitative estimate of drug-likeness (QED) is 0.167. The van der Waals surface area contributed by atoms with Crippen molar-refractivity contribution in [2.45, 2.75) is 13.3 Å². The van der Waals surface area contributed by atoms with E-state index in [1.54, 1.807) is 0 Å². The zero-order chi connectivity index (χ0) is 13.8. The molecule has 0 saturated heterocycles. The molecule has 0 N–H and O–H groups in total. The molecule has 1 heteroatoms. The van der Waals surface area contributed by atoms with Crippen molar-refractivity contribution in [2.24, 2.45) is 0 Å². The van der Waals surface area contributed by atoms with Gasteiger partial charge in [0.1, 0.15) is 0 Å². The van der Waals surface area contributed by atoms with Crippen molar-refractivity contribution in [2.75, 3.05) is 0 Å². The second-order valence-electron chi connectivity index (χ2n) is 4.96. The molecule has 0 nitrogen and oxygen atoms in total. The van der Waals surface area contributed by atoms with Crippen LogP contribution in [0.5, 0.6) is 0 Å². The number of aryl methyl sites for hydroxylation is 1. The van der Waals surface area contributed by atoms with Crippen LogP contribution in [0.1, 0.15) is 12.5 Å². The smallest absolute Gasteiger partial charge is 0 e. The van der Waals surface area contributed by atoms with E-state index in [2.05, 4.69) is 55.5 Å². The van der Waals surface area contributed by atoms with Gasteiger partial charge in [0.2, 0.25) is 0 Å². The van der Waals surface area contributed by atoms with Gasteiger partial charge in [0, 0.05) is 25.8 Å². The molecule has 0 aliphatic carbocycles. The molecule has 0 heterocycles. The predicted molar refractivity (Wildman–Crippen MR) is 133 cm³/mol. The van der Waals surface area contributed by atoms with E-state index >= 15 is 0 Å². The summed E-state index contributed by atoms with van der Waals surface area (Å²) in [4.78, 5) is 0. The van der Waals surface area contributed by atoms with Crippen molar-refractivity contribution >= 4 is 21.5 Å². The summed E-state index contributed by atoms with van der Waals surface area (Å²) in [7, 11) is 0. The fourth-order valence-electron chi connectivity index (χ4n) is 2.58. The average Bonchev–Trinajstić information content (AvgIpc) is 3.17. The Bertz CT molecular complexity index is 774. The van der Waals surface area contributed by atoms with E-state index < -0.39 is 0 Å². The first kappa shape index (κ1) is 41.0. The first-order valence-electron chi connectivity index (χ1n) is 7.12. The topological polar surface area (TPSA) is 0 Å². The molecule has 4 rings (SSSR count). The number of benzene rings is 2. The molecule has 0 unspecified atom stereocenters. The summed E-state index contributed by atoms with van der Waals surface area (Å²) in [5, 5.41) is 5.45. The fourth-order valence-corrected chi connectivity index (χ4v) is 2.58. The third-order valence-electron chi connectivity index (χ3n) is 3.66. The van der Waals surface area contributed by atoms with Crippen molar-refractivity contribution in [3.05, 3.63) is 136 Å². The second kappa shape index (κ2) is 20.3. The molecule has 160 valence electrons. The van der Waals surface area contributed by atoms with Crippen molar-refractivity contribution in [3.8, 4) is 0 Å². The number of rotatable bonds is 1. The van der Waals surface area contributed by atoms with Gasteiger partial charge in [0.15, 0.2) is 0 Å². The predicted octanol–water partition coefficient (Wildman–Crippen LogP) is 8.83. The Kier molecular flexibility index (Phi) is 29.7. The van der Waals surface area contributed by atoms with E-state index in [0.29, 0.717) is 0 Å². The molecule has 28 heavy (non-hydrogen) atoms. The van der Waals surface area contributed by atoms with Gasteiger partial charge in [0.25, 0.3) is 0 Å². The first-order chi connectivity index (χ1) is 9.88. The van der Waals surface area contributed by atoms with E-state index in [1.165, 1.54) is 27.1 Å². The maximum Gasteiger partial charge on any atom is 0 e. The molecule has 0 radical (unpaired) electrons. The van der Waals surface area contributed by atoms with Gasteiger partial charge in [-0.1, -0.05) is 49.1 Å². The monoisotopic (exact) mass is 543 g/mol. The van der Waals surface area contributed by atoms with Gasteiger partial charge in [-0.15, -0.1) is 28.5 Å². The van der Waals surface area contributed by atoms with Crippen LogP contribution in [0.2, 0.25) is 0 Å². The molecule has 0 saturated carbocycles. The Hall–Kier alpha value is -1.47. The van der Waals surface area contributed by atoms with E-state index in [-0.39, 0.29) is 77.8 Å². The average molecular weight is 542 g/mol. The summed E-state index contributed by atoms with van der Waals surface area (Å²) in [5.41, 5.74) is 1.45. The first-order valence-corrected chi connectivity index (χ1v) is 7.12. The zero-order valence-corrected chi connectivity index (χ0v) is 22.8. The summed E-state index contributed by atoms with van der Waals surface area (Å²) < 4.78 is 0. The molecule has 0 bridgehead atoms. The summed E-state index contributed by atoms with van der Waals surface area (Å²) in [5.74, 6) is 0. The van der Waals surface area contributed by atoms with Gasteiger partial charge in [-0.25, -0.2) is 12.1 Å². The number of fused-ring (bicyclic) bond motifs is 2. The van der Waals surface area contributed by atoms with Crippen molar-refractivity contribution < 1.29 is 25.8 Å². The fraction of sp³-hybridized carbons (Fsp3) is 0.0741. The SMILES string of the molecule is CC[c-]1ccc2cc3ccccc3cc21.[CH3-].[CH3-].[CH3-].[CH3-].[CH3-].[CH3-].[CH3-].[Hf].c1cc[cH-]c1. The van der Waals surface area contributed by atoms with Crippen molar-refractivity contribution in [3.63, 3.8) is 0 Å². The molecule has 0 atom stereocenters. The normalized spacial score (nSPS) is 7.46. The van der Waals surface area contributed by atoms with Crippen molar-refractivity contribution in [1.82, 2.24) is 0 Å². The number of hydrogen-bond acceptors (Lipinski definition) is 0. The van der Waals surface area contributed by atoms with Crippen LogP contribution in [0.25, 0.3) is 21.5 Å². The van der Waals surface area contributed by atoms with Gasteiger partial charge in [-0.05, 0) is 5.39 Å². The van der Waals surface area contributed by atoms with Crippen LogP contribution >= 0.6 is 0 Å². The molecule has 0 fully saturated rings. The van der Waals surface area contributed by atoms with Gasteiger partial charge < -0.3 is 52.0 Å². The molecule has 0 amide bonds. The summed E-state index contributed by atoms with van der Waals surface area (Å²) >= 11 is 0. The molecule has 0 aromatic heterocycles. The van der Waals surface area contributed by atoms with E-state index in [4.69, 9.17) is 0 Å². The minimum Gasteiger partial charge on any atom is -0.358 e. The Balaban J connectivity index is -0.0000000839. The Morgan fingerprint density at radius 3 is 1.61 bits per heavy atom. The molecule has 0 aliphatic rings. The van der Waals surface area contributed by atoms with E-state index in [9.17, 15) is 0 Å². The summed E-state index contributed by atoms with van der Waals surface area (Å²) in [6.45, 7) is 2.21. The van der Waals surface area contributed by atoms with Crippen LogP contribution in [0.3, 0.4) is 0 Å². The standard InChI is InChI=1S/C15H13.C5H5.7CH3.Hf/c1-2-11-7-8-14-9-12-5-3-4-6-13(12)10-15(11)14;1-2-4-5-3-1;;;;;;;;/h3-10H,2H2,1H3;1-5H;7*1H3;/q9*-1;. The third kappa shape index (κ3) is 9.64. The largest absolute Gasteiger partial charge is 0.358 e. The Labute approximate surface area is 196 Å². The molecular weight excluding hydrogens is 503 g/mol. The zero-order valence-electron chi connectivity index (χ0n) is 19.2. The molecule has 4 aromatic carbocycles. The van der Waals surface area contributed by atoms with Gasteiger partial charge in [0.05, 0.1) is 0 Å². The van der Waals surface area contributed by atoms with Crippen LogP contribution in [-0.4, -0.2) is 0 Å². The van der Waals surface area contributed by atoms with Gasteiger partial charge in [-0.3, -0.25) is 0 Å². The maximum absolute atomic E-state index is 2.31. The molecule has 0 spiro atoms. The van der Waals surface area contributed by atoms with Crippen LogP contribution in [0, 0.1) is 52.0 Å². The van der Waals surface area contributed by atoms with Crippen LogP contribution in [-0.2, 0) is 32.3 Å².